The lowest BCUT2D eigenvalue weighted by molar-refractivity contribution is 0.0526. The van der Waals surface area contributed by atoms with E-state index in [1.165, 1.54) is 6.07 Å². The third-order valence-electron chi connectivity index (χ3n) is 1.82. The fourth-order valence-corrected chi connectivity index (χ4v) is 1.25. The number of hydrogen-bond acceptors (Lipinski definition) is 6. The first-order chi connectivity index (χ1) is 8.04. The molecule has 0 bridgehead atoms. The second kappa shape index (κ2) is 6.36. The summed E-state index contributed by atoms with van der Waals surface area (Å²) in [6.45, 7) is 3.83. The second-order valence-electron chi connectivity index (χ2n) is 3.38. The van der Waals surface area contributed by atoms with Gasteiger partial charge in [0.05, 0.1) is 12.7 Å². The van der Waals surface area contributed by atoms with Crippen LogP contribution in [0.1, 0.15) is 24.2 Å². The van der Waals surface area contributed by atoms with E-state index in [9.17, 15) is 4.79 Å². The lowest BCUT2D eigenvalue weighted by Gasteiger charge is -2.10. The van der Waals surface area contributed by atoms with Gasteiger partial charge in [-0.15, -0.1) is 10.2 Å². The monoisotopic (exact) mass is 259 g/mol. The van der Waals surface area contributed by atoms with E-state index in [1.54, 1.807) is 13.8 Å². The minimum absolute atomic E-state index is 0.107. The van der Waals surface area contributed by atoms with Crippen LogP contribution < -0.4 is 5.32 Å². The maximum Gasteiger partial charge on any atom is 0.342 e. The fraction of sp³-hybridized carbons (Fsp3) is 0.500. The van der Waals surface area contributed by atoms with Gasteiger partial charge in [-0.25, -0.2) is 4.79 Å². The van der Waals surface area contributed by atoms with Crippen molar-refractivity contribution in [2.75, 3.05) is 18.5 Å². The third-order valence-corrected chi connectivity index (χ3v) is 2.01. The Morgan fingerprint density at radius 3 is 2.94 bits per heavy atom. The summed E-state index contributed by atoms with van der Waals surface area (Å²) in [6, 6.07) is 1.37. The highest BCUT2D eigenvalue weighted by molar-refractivity contribution is 6.29. The van der Waals surface area contributed by atoms with Crippen LogP contribution in [-0.4, -0.2) is 40.5 Å². The second-order valence-corrected chi connectivity index (χ2v) is 3.77. The largest absolute Gasteiger partial charge is 0.462 e. The number of aliphatic hydroxyl groups is 1. The van der Waals surface area contributed by atoms with Gasteiger partial charge in [-0.3, -0.25) is 0 Å². The molecule has 0 fully saturated rings. The maximum atomic E-state index is 11.6. The number of nitrogens with zero attached hydrogens (tertiary/aromatic N) is 2. The molecule has 1 rings (SSSR count). The molecule has 1 heterocycles. The first kappa shape index (κ1) is 13.7. The number of carbonyl (C=O) groups excluding carboxylic acids is 1. The van der Waals surface area contributed by atoms with Crippen molar-refractivity contribution >= 4 is 23.4 Å². The van der Waals surface area contributed by atoms with Gasteiger partial charge >= 0.3 is 5.97 Å². The molecule has 1 aromatic rings. The predicted molar refractivity (Wildman–Crippen MR) is 63.2 cm³/mol. The molecule has 0 aliphatic heterocycles. The Morgan fingerprint density at radius 1 is 1.65 bits per heavy atom. The lowest BCUT2D eigenvalue weighted by atomic mass is 10.2. The molecular weight excluding hydrogens is 246 g/mol. The van der Waals surface area contributed by atoms with Gasteiger partial charge in [-0.1, -0.05) is 11.6 Å². The van der Waals surface area contributed by atoms with E-state index >= 15 is 0 Å². The Morgan fingerprint density at radius 2 is 2.35 bits per heavy atom. The minimum atomic E-state index is -0.567. The van der Waals surface area contributed by atoms with Crippen molar-refractivity contribution < 1.29 is 14.6 Å². The van der Waals surface area contributed by atoms with E-state index in [2.05, 4.69) is 15.5 Å². The van der Waals surface area contributed by atoms with Crippen LogP contribution in [-0.2, 0) is 4.74 Å². The van der Waals surface area contributed by atoms with Crippen LogP contribution in [0.25, 0.3) is 0 Å². The van der Waals surface area contributed by atoms with Gasteiger partial charge in [0.25, 0.3) is 0 Å². The molecule has 0 aliphatic carbocycles. The fourth-order valence-electron chi connectivity index (χ4n) is 1.11. The Labute approximate surface area is 104 Å². The number of hydrogen-bond donors (Lipinski definition) is 2. The van der Waals surface area contributed by atoms with Crippen LogP contribution in [0.4, 0.5) is 5.82 Å². The van der Waals surface area contributed by atoms with E-state index < -0.39 is 12.1 Å². The third kappa shape index (κ3) is 4.16. The van der Waals surface area contributed by atoms with Crippen molar-refractivity contribution in [2.45, 2.75) is 20.0 Å². The van der Waals surface area contributed by atoms with Gasteiger partial charge in [0.15, 0.2) is 11.0 Å². The van der Waals surface area contributed by atoms with Crippen LogP contribution in [0.2, 0.25) is 5.15 Å². The summed E-state index contributed by atoms with van der Waals surface area (Å²) in [5.74, 6) is -0.286. The standard InChI is InChI=1S/C10H14ClN3O3/c1-3-17-10(16)7-4-8(11)13-14-9(7)12-5-6(2)15/h4,6,15H,3,5H2,1-2H3,(H,12,14)/t6-/m1/s1. The van der Waals surface area contributed by atoms with Crippen LogP contribution in [0.15, 0.2) is 6.07 Å². The molecular formula is C10H14ClN3O3. The molecule has 94 valence electrons. The Balaban J connectivity index is 2.91. The number of nitrogens with one attached hydrogen (secondary N) is 1. The van der Waals surface area contributed by atoms with E-state index in [0.29, 0.717) is 0 Å². The predicted octanol–water partition coefficient (Wildman–Crippen LogP) is 1.10. The highest BCUT2D eigenvalue weighted by atomic mass is 35.5. The highest BCUT2D eigenvalue weighted by Gasteiger charge is 2.15. The molecule has 1 atom stereocenters. The molecule has 0 saturated heterocycles. The summed E-state index contributed by atoms with van der Waals surface area (Å²) in [5.41, 5.74) is 0.201. The molecule has 0 radical (unpaired) electrons. The number of carbonyl (C=O) groups is 1. The van der Waals surface area contributed by atoms with Gasteiger partial charge in [0.2, 0.25) is 0 Å². The average Bonchev–Trinajstić information content (AvgIpc) is 2.27. The zero-order valence-electron chi connectivity index (χ0n) is 9.61. The number of ether oxygens (including phenoxy) is 1. The Kier molecular flexibility index (Phi) is 5.11. The van der Waals surface area contributed by atoms with Gasteiger partial charge < -0.3 is 15.2 Å². The number of rotatable bonds is 5. The minimum Gasteiger partial charge on any atom is -0.462 e. The van der Waals surface area contributed by atoms with E-state index in [4.69, 9.17) is 21.4 Å². The molecule has 0 amide bonds. The van der Waals surface area contributed by atoms with E-state index in [1.807, 2.05) is 0 Å². The summed E-state index contributed by atoms with van der Waals surface area (Å²) in [6.07, 6.45) is -0.567. The van der Waals surface area contributed by atoms with Gasteiger partial charge in [0, 0.05) is 6.54 Å². The Hall–Kier alpha value is -1.40. The summed E-state index contributed by atoms with van der Waals surface area (Å²) < 4.78 is 4.86. The van der Waals surface area contributed by atoms with Crippen LogP contribution in [0.5, 0.6) is 0 Å². The molecule has 1 aromatic heterocycles. The summed E-state index contributed by atoms with van der Waals surface area (Å²) >= 11 is 5.67. The quantitative estimate of drug-likeness (QED) is 0.771. The molecule has 0 aliphatic rings. The molecule has 0 aromatic carbocycles. The van der Waals surface area contributed by atoms with Crippen molar-refractivity contribution in [2.24, 2.45) is 0 Å². The SMILES string of the molecule is CCOC(=O)c1cc(Cl)nnc1NC[C@@H](C)O. The molecule has 0 saturated carbocycles. The zero-order chi connectivity index (χ0) is 12.8. The molecule has 2 N–H and O–H groups in total. The molecule has 17 heavy (non-hydrogen) atoms. The van der Waals surface area contributed by atoms with E-state index in [-0.39, 0.29) is 29.7 Å². The number of anilines is 1. The van der Waals surface area contributed by atoms with Crippen molar-refractivity contribution in [3.05, 3.63) is 16.8 Å². The molecule has 6 nitrogen and oxygen atoms in total. The summed E-state index contributed by atoms with van der Waals surface area (Å²) in [7, 11) is 0. The van der Waals surface area contributed by atoms with E-state index in [0.717, 1.165) is 0 Å². The molecule has 0 unspecified atom stereocenters. The molecule has 0 spiro atoms. The number of aliphatic hydroxyl groups excluding tert-OH is 1. The van der Waals surface area contributed by atoms with Crippen molar-refractivity contribution in [1.82, 2.24) is 10.2 Å². The van der Waals surface area contributed by atoms with Gasteiger partial charge in [-0.2, -0.15) is 0 Å². The smallest absolute Gasteiger partial charge is 0.342 e. The lowest BCUT2D eigenvalue weighted by Crippen LogP contribution is -2.19. The normalized spacial score (nSPS) is 12.0. The van der Waals surface area contributed by atoms with Gasteiger partial charge in [0.1, 0.15) is 5.56 Å². The number of aromatic nitrogens is 2. The Bertz CT molecular complexity index is 398. The first-order valence-corrected chi connectivity index (χ1v) is 5.54. The van der Waals surface area contributed by atoms with Crippen LogP contribution in [0, 0.1) is 0 Å². The first-order valence-electron chi connectivity index (χ1n) is 5.16. The highest BCUT2D eigenvalue weighted by Crippen LogP contribution is 2.16. The number of esters is 1. The summed E-state index contributed by atoms with van der Waals surface area (Å²) in [5, 5.41) is 19.4. The van der Waals surface area contributed by atoms with Crippen molar-refractivity contribution in [1.29, 1.82) is 0 Å². The zero-order valence-corrected chi connectivity index (χ0v) is 10.4. The van der Waals surface area contributed by atoms with Crippen molar-refractivity contribution in [3.8, 4) is 0 Å². The average molecular weight is 260 g/mol. The summed E-state index contributed by atoms with van der Waals surface area (Å²) in [4.78, 5) is 11.6. The van der Waals surface area contributed by atoms with Crippen LogP contribution in [0.3, 0.4) is 0 Å². The van der Waals surface area contributed by atoms with Gasteiger partial charge in [-0.05, 0) is 19.9 Å². The number of halogens is 1. The maximum absolute atomic E-state index is 11.6. The molecule has 7 heteroatoms. The van der Waals surface area contributed by atoms with Crippen molar-refractivity contribution in [3.63, 3.8) is 0 Å². The topological polar surface area (TPSA) is 84.3 Å². The van der Waals surface area contributed by atoms with Crippen LogP contribution >= 0.6 is 11.6 Å².